The second-order valence-electron chi connectivity index (χ2n) is 11.1. The largest absolute Gasteiger partial charge is 0.494 e. The third-order valence-electron chi connectivity index (χ3n) is 7.15. The van der Waals surface area contributed by atoms with Crippen LogP contribution in [0.3, 0.4) is 0 Å². The van der Waals surface area contributed by atoms with Gasteiger partial charge < -0.3 is 29.8 Å². The van der Waals surface area contributed by atoms with Gasteiger partial charge in [0.15, 0.2) is 5.11 Å². The standard InChI is InChI=1S/C32H32N4O5S/c1-18-16-19(29(37)38)9-11-21(18)24-13-14-25(41-24)28-27(23-8-6-7-15-33-23)35-31(42)36(28)20-10-12-22(26(17-20)40-5)34-30(39)32(2,3)4/h6-17,27-28H,1-5H3,(H,34,39)(H,35,42)(H,37,38)/t27-,28+/m1/s1. The van der Waals surface area contributed by atoms with Gasteiger partial charge in [0.2, 0.25) is 5.91 Å². The fraction of sp³-hybridized carbons (Fsp3) is 0.250. The summed E-state index contributed by atoms with van der Waals surface area (Å²) in [5.41, 5.74) is 3.29. The number of aromatic carboxylic acids is 1. The molecule has 2 atom stereocenters. The van der Waals surface area contributed by atoms with Crippen molar-refractivity contribution < 1.29 is 23.8 Å². The molecule has 1 aliphatic rings. The van der Waals surface area contributed by atoms with Crippen LogP contribution >= 0.6 is 12.2 Å². The summed E-state index contributed by atoms with van der Waals surface area (Å²) in [6.07, 6.45) is 1.73. The summed E-state index contributed by atoms with van der Waals surface area (Å²) in [6, 6.07) is 19.2. The molecular weight excluding hydrogens is 552 g/mol. The highest BCUT2D eigenvalue weighted by Gasteiger charge is 2.43. The monoisotopic (exact) mass is 584 g/mol. The highest BCUT2D eigenvalue weighted by molar-refractivity contribution is 7.80. The van der Waals surface area contributed by atoms with Gasteiger partial charge in [-0.05, 0) is 73.2 Å². The summed E-state index contributed by atoms with van der Waals surface area (Å²) in [4.78, 5) is 30.6. The molecule has 0 bridgehead atoms. The third-order valence-corrected chi connectivity index (χ3v) is 7.46. The maximum atomic E-state index is 12.7. The fourth-order valence-corrected chi connectivity index (χ4v) is 5.24. The second kappa shape index (κ2) is 11.3. The Morgan fingerprint density at radius 1 is 1.10 bits per heavy atom. The minimum atomic E-state index is -0.983. The number of ether oxygens (including phenoxy) is 1. The molecule has 42 heavy (non-hydrogen) atoms. The van der Waals surface area contributed by atoms with Crippen molar-refractivity contribution in [2.24, 2.45) is 5.41 Å². The molecule has 4 aromatic rings. The van der Waals surface area contributed by atoms with Crippen molar-refractivity contribution in [3.8, 4) is 17.1 Å². The molecule has 2 aromatic carbocycles. The Labute approximate surface area is 249 Å². The van der Waals surface area contributed by atoms with E-state index in [1.807, 2.05) is 75.1 Å². The topological polar surface area (TPSA) is 117 Å². The van der Waals surface area contributed by atoms with E-state index < -0.39 is 17.4 Å². The molecule has 0 aliphatic carbocycles. The Hall–Kier alpha value is -4.70. The van der Waals surface area contributed by atoms with E-state index in [2.05, 4.69) is 15.6 Å². The molecule has 5 rings (SSSR count). The van der Waals surface area contributed by atoms with E-state index in [4.69, 9.17) is 21.4 Å². The molecule has 1 aliphatic heterocycles. The first-order valence-corrected chi connectivity index (χ1v) is 13.8. The lowest BCUT2D eigenvalue weighted by Crippen LogP contribution is -2.30. The molecule has 9 nitrogen and oxygen atoms in total. The number of nitrogens with one attached hydrogen (secondary N) is 2. The van der Waals surface area contributed by atoms with Gasteiger partial charge in [-0.25, -0.2) is 4.79 Å². The van der Waals surface area contributed by atoms with Gasteiger partial charge in [0.1, 0.15) is 23.3 Å². The minimum Gasteiger partial charge on any atom is -0.494 e. The maximum Gasteiger partial charge on any atom is 0.335 e. The van der Waals surface area contributed by atoms with E-state index in [0.29, 0.717) is 28.1 Å². The average Bonchev–Trinajstić information content (AvgIpc) is 3.57. The van der Waals surface area contributed by atoms with Gasteiger partial charge >= 0.3 is 5.97 Å². The Bertz CT molecular complexity index is 1660. The molecule has 0 saturated carbocycles. The summed E-state index contributed by atoms with van der Waals surface area (Å²) in [5.74, 6) is 0.620. The maximum absolute atomic E-state index is 12.7. The number of rotatable bonds is 7. The predicted octanol–water partition coefficient (Wildman–Crippen LogP) is 6.52. The quantitative estimate of drug-likeness (QED) is 0.209. The molecule has 1 amide bonds. The summed E-state index contributed by atoms with van der Waals surface area (Å²) in [6.45, 7) is 7.39. The summed E-state index contributed by atoms with van der Waals surface area (Å²) >= 11 is 5.85. The summed E-state index contributed by atoms with van der Waals surface area (Å²) < 4.78 is 12.1. The molecule has 1 saturated heterocycles. The zero-order chi connectivity index (χ0) is 30.2. The highest BCUT2D eigenvalue weighted by atomic mass is 32.1. The van der Waals surface area contributed by atoms with Gasteiger partial charge in [0.25, 0.3) is 0 Å². The van der Waals surface area contributed by atoms with Crippen molar-refractivity contribution in [2.75, 3.05) is 17.3 Å². The number of methoxy groups -OCH3 is 1. The molecule has 0 spiro atoms. The van der Waals surface area contributed by atoms with Crippen LogP contribution in [0, 0.1) is 12.3 Å². The van der Waals surface area contributed by atoms with Crippen LogP contribution in [-0.4, -0.2) is 34.2 Å². The van der Waals surface area contributed by atoms with Gasteiger partial charge in [0, 0.05) is 28.9 Å². The van der Waals surface area contributed by atoms with Crippen molar-refractivity contribution in [2.45, 2.75) is 39.8 Å². The molecule has 3 heterocycles. The van der Waals surface area contributed by atoms with E-state index >= 15 is 0 Å². The number of carboxylic acid groups (broad SMARTS) is 1. The second-order valence-corrected chi connectivity index (χ2v) is 11.5. The number of hydrogen-bond donors (Lipinski definition) is 3. The molecule has 0 radical (unpaired) electrons. The Morgan fingerprint density at radius 2 is 1.88 bits per heavy atom. The lowest BCUT2D eigenvalue weighted by atomic mass is 9.95. The van der Waals surface area contributed by atoms with E-state index in [1.54, 1.807) is 37.6 Å². The van der Waals surface area contributed by atoms with Crippen LogP contribution in [0.25, 0.3) is 11.3 Å². The van der Waals surface area contributed by atoms with Crippen LogP contribution in [0.4, 0.5) is 11.4 Å². The summed E-state index contributed by atoms with van der Waals surface area (Å²) in [7, 11) is 1.55. The number of pyridine rings is 1. The van der Waals surface area contributed by atoms with Crippen LogP contribution in [0.1, 0.15) is 60.2 Å². The van der Waals surface area contributed by atoms with E-state index in [1.165, 1.54) is 0 Å². The molecule has 2 aromatic heterocycles. The molecule has 0 unspecified atom stereocenters. The van der Waals surface area contributed by atoms with Crippen LogP contribution in [-0.2, 0) is 4.79 Å². The molecule has 216 valence electrons. The number of amides is 1. The third kappa shape index (κ3) is 5.58. The fourth-order valence-electron chi connectivity index (χ4n) is 4.89. The zero-order valence-electron chi connectivity index (χ0n) is 24.0. The lowest BCUT2D eigenvalue weighted by molar-refractivity contribution is -0.123. The first-order valence-electron chi connectivity index (χ1n) is 13.4. The number of anilines is 2. The van der Waals surface area contributed by atoms with Crippen molar-refractivity contribution in [1.29, 1.82) is 0 Å². The lowest BCUT2D eigenvalue weighted by Gasteiger charge is -2.27. The number of thiocarbonyl (C=S) groups is 1. The van der Waals surface area contributed by atoms with Crippen molar-refractivity contribution >= 4 is 40.6 Å². The number of hydrogen-bond acceptors (Lipinski definition) is 6. The number of nitrogens with zero attached hydrogens (tertiary/aromatic N) is 2. The Morgan fingerprint density at radius 3 is 2.52 bits per heavy atom. The van der Waals surface area contributed by atoms with Gasteiger partial charge in [-0.15, -0.1) is 0 Å². The highest BCUT2D eigenvalue weighted by Crippen LogP contribution is 2.44. The van der Waals surface area contributed by atoms with E-state index in [9.17, 15) is 14.7 Å². The number of aromatic nitrogens is 1. The van der Waals surface area contributed by atoms with Gasteiger partial charge in [-0.1, -0.05) is 32.9 Å². The zero-order valence-corrected chi connectivity index (χ0v) is 24.8. The normalized spacial score (nSPS) is 16.7. The molecule has 3 N–H and O–H groups in total. The predicted molar refractivity (Wildman–Crippen MR) is 165 cm³/mol. The first-order chi connectivity index (χ1) is 20.0. The van der Waals surface area contributed by atoms with Gasteiger partial charge in [-0.3, -0.25) is 9.78 Å². The first kappa shape index (κ1) is 28.8. The van der Waals surface area contributed by atoms with E-state index in [0.717, 1.165) is 22.5 Å². The van der Waals surface area contributed by atoms with Crippen LogP contribution in [0.5, 0.6) is 5.75 Å². The smallest absolute Gasteiger partial charge is 0.335 e. The number of carbonyl (C=O) groups is 2. The van der Waals surface area contributed by atoms with Crippen molar-refractivity contribution in [3.05, 3.63) is 95.5 Å². The molecular formula is C32H32N4O5S. The van der Waals surface area contributed by atoms with Crippen LogP contribution in [0.2, 0.25) is 0 Å². The molecule has 10 heteroatoms. The van der Waals surface area contributed by atoms with Gasteiger partial charge in [-0.2, -0.15) is 0 Å². The van der Waals surface area contributed by atoms with Crippen LogP contribution < -0.4 is 20.3 Å². The van der Waals surface area contributed by atoms with Crippen molar-refractivity contribution in [1.82, 2.24) is 10.3 Å². The minimum absolute atomic E-state index is 0.130. The number of benzene rings is 2. The SMILES string of the molecule is COc1cc(N2C(=S)N[C@H](c3ccccn3)[C@@H]2c2ccc(-c3ccc(C(=O)O)cc3C)o2)ccc1NC(=O)C(C)(C)C. The van der Waals surface area contributed by atoms with Crippen molar-refractivity contribution in [3.63, 3.8) is 0 Å². The van der Waals surface area contributed by atoms with E-state index in [-0.39, 0.29) is 17.5 Å². The van der Waals surface area contributed by atoms with Crippen LogP contribution in [0.15, 0.2) is 77.3 Å². The van der Waals surface area contributed by atoms with Gasteiger partial charge in [0.05, 0.1) is 30.1 Å². The number of aryl methyl sites for hydroxylation is 1. The average molecular weight is 585 g/mol. The number of furan rings is 1. The Balaban J connectivity index is 1.56. The number of carbonyl (C=O) groups excluding carboxylic acids is 1. The summed E-state index contributed by atoms with van der Waals surface area (Å²) in [5, 5.41) is 16.2. The number of carboxylic acids is 1. The Kier molecular flexibility index (Phi) is 7.74. The molecule has 1 fully saturated rings.